The van der Waals surface area contributed by atoms with E-state index in [2.05, 4.69) is 5.32 Å². The van der Waals surface area contributed by atoms with Gasteiger partial charge in [-0.2, -0.15) is 0 Å². The lowest BCUT2D eigenvalue weighted by atomic mass is 10.2. The Morgan fingerprint density at radius 3 is 2.42 bits per heavy atom. The molecule has 4 nitrogen and oxygen atoms in total. The molecule has 0 bridgehead atoms. The summed E-state index contributed by atoms with van der Waals surface area (Å²) >= 11 is 0. The van der Waals surface area contributed by atoms with Gasteiger partial charge in [0.2, 0.25) is 0 Å². The molecule has 0 saturated carbocycles. The fraction of sp³-hybridized carbons (Fsp3) is 0.0526. The van der Waals surface area contributed by atoms with Crippen LogP contribution in [0.5, 0.6) is 0 Å². The number of pyridine rings is 1. The van der Waals surface area contributed by atoms with E-state index in [4.69, 9.17) is 0 Å². The summed E-state index contributed by atoms with van der Waals surface area (Å²) in [5.74, 6) is -0.877. The molecule has 0 unspecified atom stereocenters. The topological polar surface area (TPSA) is 51.1 Å². The van der Waals surface area contributed by atoms with Crippen molar-refractivity contribution in [3.63, 3.8) is 0 Å². The van der Waals surface area contributed by atoms with Crippen LogP contribution in [0.4, 0.5) is 10.1 Å². The van der Waals surface area contributed by atoms with Crippen molar-refractivity contribution in [3.05, 3.63) is 100 Å². The Bertz CT molecular complexity index is 920. The third-order valence-corrected chi connectivity index (χ3v) is 3.59. The van der Waals surface area contributed by atoms with Crippen LogP contribution in [-0.4, -0.2) is 10.5 Å². The van der Waals surface area contributed by atoms with E-state index in [1.807, 2.05) is 6.07 Å². The highest BCUT2D eigenvalue weighted by Gasteiger charge is 2.13. The molecule has 0 atom stereocenters. The molecule has 120 valence electrons. The number of carbonyl (C=O) groups excluding carboxylic acids is 1. The van der Waals surface area contributed by atoms with Crippen LogP contribution < -0.4 is 10.9 Å². The van der Waals surface area contributed by atoms with Crippen molar-refractivity contribution in [3.8, 4) is 0 Å². The first kappa shape index (κ1) is 15.7. The van der Waals surface area contributed by atoms with Crippen LogP contribution in [0.25, 0.3) is 0 Å². The summed E-state index contributed by atoms with van der Waals surface area (Å²) in [4.78, 5) is 24.8. The number of benzene rings is 2. The Morgan fingerprint density at radius 1 is 0.958 bits per heavy atom. The number of nitrogens with zero attached hydrogens (tertiary/aromatic N) is 1. The van der Waals surface area contributed by atoms with E-state index < -0.39 is 11.5 Å². The van der Waals surface area contributed by atoms with Crippen LogP contribution in [0, 0.1) is 5.82 Å². The third kappa shape index (κ3) is 3.41. The number of carbonyl (C=O) groups is 1. The van der Waals surface area contributed by atoms with Crippen LogP contribution in [0.3, 0.4) is 0 Å². The van der Waals surface area contributed by atoms with Crippen LogP contribution in [0.2, 0.25) is 0 Å². The van der Waals surface area contributed by atoms with Crippen molar-refractivity contribution in [2.45, 2.75) is 6.54 Å². The standard InChI is InChI=1S/C19H15FN2O2/c20-17-11-5-4-7-14(17)13-22-12-6-10-16(19(22)24)18(23)21-15-8-2-1-3-9-15/h1-12H,13H2,(H,21,23). The molecule has 2 aromatic carbocycles. The largest absolute Gasteiger partial charge is 0.322 e. The molecule has 24 heavy (non-hydrogen) atoms. The summed E-state index contributed by atoms with van der Waals surface area (Å²) in [7, 11) is 0. The maximum Gasteiger partial charge on any atom is 0.263 e. The molecule has 0 aliphatic carbocycles. The first-order valence-corrected chi connectivity index (χ1v) is 7.44. The van der Waals surface area contributed by atoms with Gasteiger partial charge in [-0.15, -0.1) is 0 Å². The van der Waals surface area contributed by atoms with E-state index >= 15 is 0 Å². The number of anilines is 1. The summed E-state index contributed by atoms with van der Waals surface area (Å²) in [6.07, 6.45) is 1.54. The fourth-order valence-corrected chi connectivity index (χ4v) is 2.36. The molecule has 0 spiro atoms. The van der Waals surface area contributed by atoms with Crippen molar-refractivity contribution < 1.29 is 9.18 Å². The monoisotopic (exact) mass is 322 g/mol. The number of para-hydroxylation sites is 1. The Morgan fingerprint density at radius 2 is 1.67 bits per heavy atom. The highest BCUT2D eigenvalue weighted by atomic mass is 19.1. The summed E-state index contributed by atoms with van der Waals surface area (Å²) in [6, 6.07) is 18.2. The van der Waals surface area contributed by atoms with Crippen LogP contribution in [0.15, 0.2) is 77.7 Å². The lowest BCUT2D eigenvalue weighted by Crippen LogP contribution is -2.29. The van der Waals surface area contributed by atoms with E-state index in [-0.39, 0.29) is 17.9 Å². The number of rotatable bonds is 4. The van der Waals surface area contributed by atoms with Gasteiger partial charge in [-0.3, -0.25) is 9.59 Å². The summed E-state index contributed by atoms with van der Waals surface area (Å²) < 4.78 is 15.1. The molecule has 1 aromatic heterocycles. The van der Waals surface area contributed by atoms with Gasteiger partial charge in [-0.25, -0.2) is 4.39 Å². The molecule has 3 aromatic rings. The summed E-state index contributed by atoms with van der Waals surface area (Å²) in [5.41, 5.74) is 0.540. The second-order valence-corrected chi connectivity index (χ2v) is 5.27. The maximum absolute atomic E-state index is 13.8. The number of halogens is 1. The fourth-order valence-electron chi connectivity index (χ4n) is 2.36. The number of aromatic nitrogens is 1. The predicted molar refractivity (Wildman–Crippen MR) is 90.6 cm³/mol. The van der Waals surface area contributed by atoms with Crippen molar-refractivity contribution in [2.75, 3.05) is 5.32 Å². The first-order chi connectivity index (χ1) is 11.6. The van der Waals surface area contributed by atoms with Gasteiger partial charge in [0.1, 0.15) is 11.4 Å². The molecule has 0 radical (unpaired) electrons. The zero-order chi connectivity index (χ0) is 16.9. The van der Waals surface area contributed by atoms with Gasteiger partial charge >= 0.3 is 0 Å². The van der Waals surface area contributed by atoms with Gasteiger partial charge in [0.05, 0.1) is 6.54 Å². The quantitative estimate of drug-likeness (QED) is 0.801. The highest BCUT2D eigenvalue weighted by Crippen LogP contribution is 2.09. The highest BCUT2D eigenvalue weighted by molar-refractivity contribution is 6.03. The number of amides is 1. The molecule has 5 heteroatoms. The van der Waals surface area contributed by atoms with E-state index in [1.165, 1.54) is 22.9 Å². The molecule has 0 aliphatic heterocycles. The number of nitrogens with one attached hydrogen (secondary N) is 1. The van der Waals surface area contributed by atoms with E-state index in [0.717, 1.165) is 0 Å². The van der Waals surface area contributed by atoms with Gasteiger partial charge in [0, 0.05) is 17.4 Å². The van der Waals surface area contributed by atoms with Crippen molar-refractivity contribution in [1.82, 2.24) is 4.57 Å². The number of hydrogen-bond donors (Lipinski definition) is 1. The van der Waals surface area contributed by atoms with E-state index in [9.17, 15) is 14.0 Å². The Balaban J connectivity index is 1.87. The predicted octanol–water partition coefficient (Wildman–Crippen LogP) is 3.29. The van der Waals surface area contributed by atoms with E-state index in [0.29, 0.717) is 11.3 Å². The van der Waals surface area contributed by atoms with Crippen LogP contribution >= 0.6 is 0 Å². The molecule has 1 N–H and O–H groups in total. The molecule has 0 fully saturated rings. The molecule has 0 aliphatic rings. The van der Waals surface area contributed by atoms with Crippen LogP contribution in [0.1, 0.15) is 15.9 Å². The third-order valence-electron chi connectivity index (χ3n) is 3.59. The molecule has 0 saturated heterocycles. The first-order valence-electron chi connectivity index (χ1n) is 7.44. The minimum atomic E-state index is -0.492. The SMILES string of the molecule is O=C(Nc1ccccc1)c1cccn(Cc2ccccc2F)c1=O. The Kier molecular flexibility index (Phi) is 4.52. The molecular formula is C19H15FN2O2. The second kappa shape index (κ2) is 6.91. The molecule has 3 rings (SSSR count). The second-order valence-electron chi connectivity index (χ2n) is 5.27. The normalized spacial score (nSPS) is 10.4. The number of hydrogen-bond acceptors (Lipinski definition) is 2. The summed E-state index contributed by atoms with van der Waals surface area (Å²) in [6.45, 7) is 0.0674. The molecule has 1 amide bonds. The Hall–Kier alpha value is -3.21. The average Bonchev–Trinajstić information content (AvgIpc) is 2.59. The van der Waals surface area contributed by atoms with Gasteiger partial charge < -0.3 is 9.88 Å². The molecule has 1 heterocycles. The summed E-state index contributed by atoms with van der Waals surface area (Å²) in [5, 5.41) is 2.68. The van der Waals surface area contributed by atoms with Gasteiger partial charge in [-0.05, 0) is 30.3 Å². The maximum atomic E-state index is 13.8. The lowest BCUT2D eigenvalue weighted by Gasteiger charge is -2.09. The van der Waals surface area contributed by atoms with Crippen molar-refractivity contribution in [2.24, 2.45) is 0 Å². The lowest BCUT2D eigenvalue weighted by molar-refractivity contribution is 0.102. The minimum Gasteiger partial charge on any atom is -0.322 e. The smallest absolute Gasteiger partial charge is 0.263 e. The minimum absolute atomic E-state index is 0.0118. The zero-order valence-corrected chi connectivity index (χ0v) is 12.8. The average molecular weight is 322 g/mol. The zero-order valence-electron chi connectivity index (χ0n) is 12.8. The van der Waals surface area contributed by atoms with Gasteiger partial charge in [0.15, 0.2) is 0 Å². The van der Waals surface area contributed by atoms with Crippen molar-refractivity contribution in [1.29, 1.82) is 0 Å². The molecular weight excluding hydrogens is 307 g/mol. The van der Waals surface area contributed by atoms with E-state index in [1.54, 1.807) is 48.5 Å². The van der Waals surface area contributed by atoms with Crippen molar-refractivity contribution >= 4 is 11.6 Å². The van der Waals surface area contributed by atoms with Gasteiger partial charge in [-0.1, -0.05) is 36.4 Å². The van der Waals surface area contributed by atoms with Gasteiger partial charge in [0.25, 0.3) is 11.5 Å². The van der Waals surface area contributed by atoms with Crippen LogP contribution in [-0.2, 0) is 6.54 Å². The Labute approximate surface area is 138 Å².